The molecule has 0 saturated carbocycles. The highest BCUT2D eigenvalue weighted by Gasteiger charge is 2.23. The zero-order valence-corrected chi connectivity index (χ0v) is 21.0. The van der Waals surface area contributed by atoms with Crippen LogP contribution in [-0.2, 0) is 27.8 Å². The molecule has 0 radical (unpaired) electrons. The van der Waals surface area contributed by atoms with Crippen LogP contribution in [0.15, 0.2) is 30.3 Å². The third kappa shape index (κ3) is 9.61. The summed E-state index contributed by atoms with van der Waals surface area (Å²) in [4.78, 5) is 18.5. The number of nitrogens with one attached hydrogen (secondary N) is 3. The molecule has 1 aromatic carbocycles. The van der Waals surface area contributed by atoms with Gasteiger partial charge in [0, 0.05) is 5.92 Å². The normalized spacial score (nSPS) is 12.9. The van der Waals surface area contributed by atoms with Gasteiger partial charge >= 0.3 is 0 Å². The van der Waals surface area contributed by atoms with E-state index >= 15 is 0 Å². The van der Waals surface area contributed by atoms with E-state index in [9.17, 15) is 13.2 Å². The van der Waals surface area contributed by atoms with Crippen molar-refractivity contribution in [2.24, 2.45) is 5.92 Å². The summed E-state index contributed by atoms with van der Waals surface area (Å²) < 4.78 is 28.5. The molecule has 2 aromatic rings. The lowest BCUT2D eigenvalue weighted by molar-refractivity contribution is -0.124. The third-order valence-electron chi connectivity index (χ3n) is 5.48. The van der Waals surface area contributed by atoms with Crippen LogP contribution in [0.3, 0.4) is 0 Å². The van der Waals surface area contributed by atoms with Crippen molar-refractivity contribution in [3.05, 3.63) is 47.5 Å². The van der Waals surface area contributed by atoms with Crippen molar-refractivity contribution < 1.29 is 13.2 Å². The van der Waals surface area contributed by atoms with Crippen LogP contribution in [0.25, 0.3) is 0 Å². The highest BCUT2D eigenvalue weighted by molar-refractivity contribution is 7.89. The van der Waals surface area contributed by atoms with Crippen LogP contribution in [0.2, 0.25) is 0 Å². The molecule has 184 valence electrons. The molecule has 1 heterocycles. The van der Waals surface area contributed by atoms with Gasteiger partial charge in [0.1, 0.15) is 5.82 Å². The number of hydrogen-bond donors (Lipinski definition) is 3. The van der Waals surface area contributed by atoms with Crippen molar-refractivity contribution in [1.82, 2.24) is 30.1 Å². The Balaban J connectivity index is 2.07. The number of rotatable bonds is 15. The first-order valence-electron chi connectivity index (χ1n) is 11.7. The second-order valence-corrected chi connectivity index (χ2v) is 10.3. The first-order chi connectivity index (χ1) is 15.7. The van der Waals surface area contributed by atoms with E-state index in [-0.39, 0.29) is 24.1 Å². The smallest absolute Gasteiger partial charge is 0.222 e. The van der Waals surface area contributed by atoms with Gasteiger partial charge in [0.25, 0.3) is 0 Å². The topological polar surface area (TPSA) is 120 Å². The van der Waals surface area contributed by atoms with Crippen LogP contribution < -0.4 is 10.0 Å². The highest BCUT2D eigenvalue weighted by atomic mass is 32.2. The average Bonchev–Trinajstić information content (AvgIpc) is 3.27. The quantitative estimate of drug-likeness (QED) is 0.362. The molecule has 10 heteroatoms. The summed E-state index contributed by atoms with van der Waals surface area (Å²) in [7, 11) is -3.51. The molecule has 3 N–H and O–H groups in total. The first-order valence-corrected chi connectivity index (χ1v) is 13.3. The molecule has 0 fully saturated rings. The maximum absolute atomic E-state index is 12.8. The van der Waals surface area contributed by atoms with Crippen molar-refractivity contribution >= 4 is 15.9 Å². The van der Waals surface area contributed by atoms with Crippen molar-refractivity contribution in [3.63, 3.8) is 0 Å². The molecule has 9 nitrogen and oxygen atoms in total. The Morgan fingerprint density at radius 3 is 2.48 bits per heavy atom. The zero-order valence-electron chi connectivity index (χ0n) is 20.2. The van der Waals surface area contributed by atoms with Crippen LogP contribution in [0, 0.1) is 5.92 Å². The number of sulfonamides is 1. The Bertz CT molecular complexity index is 942. The number of H-pyrrole nitrogens is 1. The molecule has 0 aliphatic carbocycles. The minimum Gasteiger partial charge on any atom is -0.349 e. The standard InChI is InChI=1S/C23H38N6O3S/c1-5-29(6-2)15-10-16-33(31,32)28-20(14-13-19-11-8-7-9-12-19)22-25-21(26-27-22)17-24-23(30)18(3)4/h7-9,11-12,18,20,28H,5-6,10,13-17H2,1-4H3,(H,24,30)(H,25,26,27)/t20-/m1/s1. The van der Waals surface area contributed by atoms with Gasteiger partial charge in [-0.05, 0) is 44.5 Å². The summed E-state index contributed by atoms with van der Waals surface area (Å²) >= 11 is 0. The van der Waals surface area contributed by atoms with Gasteiger partial charge in [-0.2, -0.15) is 5.10 Å². The molecule has 2 rings (SSSR count). The number of carbonyl (C=O) groups is 1. The van der Waals surface area contributed by atoms with Crippen molar-refractivity contribution in [3.8, 4) is 0 Å². The largest absolute Gasteiger partial charge is 0.349 e. The summed E-state index contributed by atoms with van der Waals surface area (Å²) in [5.74, 6) is 0.709. The molecular formula is C23H38N6O3S. The Morgan fingerprint density at radius 1 is 1.15 bits per heavy atom. The number of aromatic amines is 1. The Hall–Kier alpha value is -2.30. The third-order valence-corrected chi connectivity index (χ3v) is 6.95. The number of carbonyl (C=O) groups excluding carboxylic acids is 1. The average molecular weight is 479 g/mol. The highest BCUT2D eigenvalue weighted by Crippen LogP contribution is 2.18. The molecule has 33 heavy (non-hydrogen) atoms. The molecular weight excluding hydrogens is 440 g/mol. The Labute approximate surface area is 197 Å². The molecule has 1 amide bonds. The molecule has 0 unspecified atom stereocenters. The lowest BCUT2D eigenvalue weighted by atomic mass is 10.1. The molecule has 0 bridgehead atoms. The lowest BCUT2D eigenvalue weighted by Crippen LogP contribution is -2.33. The number of aryl methyl sites for hydroxylation is 1. The summed E-state index contributed by atoms with van der Waals surface area (Å²) in [6.45, 7) is 10.5. The van der Waals surface area contributed by atoms with Crippen LogP contribution in [0.1, 0.15) is 63.8 Å². The van der Waals surface area contributed by atoms with Crippen LogP contribution in [-0.4, -0.2) is 59.8 Å². The van der Waals surface area contributed by atoms with E-state index in [2.05, 4.69) is 44.0 Å². The summed E-state index contributed by atoms with van der Waals surface area (Å²) in [6, 6.07) is 9.34. The van der Waals surface area contributed by atoms with Crippen molar-refractivity contribution in [1.29, 1.82) is 0 Å². The van der Waals surface area contributed by atoms with Gasteiger partial charge < -0.3 is 10.2 Å². The Kier molecular flexibility index (Phi) is 11.0. The van der Waals surface area contributed by atoms with Gasteiger partial charge in [-0.1, -0.05) is 58.0 Å². The molecule has 0 aliphatic rings. The minimum atomic E-state index is -3.51. The fourth-order valence-corrected chi connectivity index (χ4v) is 4.69. The predicted octanol–water partition coefficient (Wildman–Crippen LogP) is 2.40. The minimum absolute atomic E-state index is 0.0487. The van der Waals surface area contributed by atoms with Crippen molar-refractivity contribution in [2.45, 2.75) is 59.5 Å². The Morgan fingerprint density at radius 2 is 1.85 bits per heavy atom. The number of nitrogens with zero attached hydrogens (tertiary/aromatic N) is 3. The SMILES string of the molecule is CCN(CC)CCCS(=O)(=O)N[C@H](CCc1ccccc1)c1n[nH]c(CNC(=O)C(C)C)n1. The molecule has 0 spiro atoms. The van der Waals surface area contributed by atoms with Gasteiger partial charge in [0.05, 0.1) is 18.3 Å². The number of aromatic nitrogens is 3. The zero-order chi connectivity index (χ0) is 24.3. The summed E-state index contributed by atoms with van der Waals surface area (Å²) in [5.41, 5.74) is 1.11. The van der Waals surface area contributed by atoms with Gasteiger partial charge in [-0.3, -0.25) is 9.89 Å². The van der Waals surface area contributed by atoms with E-state index in [0.29, 0.717) is 30.9 Å². The van der Waals surface area contributed by atoms with Crippen LogP contribution >= 0.6 is 0 Å². The second-order valence-electron chi connectivity index (χ2n) is 8.41. The van der Waals surface area contributed by atoms with E-state index in [0.717, 1.165) is 25.2 Å². The molecule has 0 aliphatic heterocycles. The fraction of sp³-hybridized carbons (Fsp3) is 0.609. The molecule has 1 aromatic heterocycles. The van der Waals surface area contributed by atoms with E-state index < -0.39 is 16.1 Å². The monoisotopic (exact) mass is 478 g/mol. The van der Waals surface area contributed by atoms with Gasteiger partial charge in [-0.15, -0.1) is 0 Å². The first kappa shape index (κ1) is 26.9. The molecule has 1 atom stereocenters. The van der Waals surface area contributed by atoms with Gasteiger partial charge in [0.2, 0.25) is 15.9 Å². The van der Waals surface area contributed by atoms with E-state index in [4.69, 9.17) is 0 Å². The van der Waals surface area contributed by atoms with Crippen molar-refractivity contribution in [2.75, 3.05) is 25.4 Å². The predicted molar refractivity (Wildman–Crippen MR) is 130 cm³/mol. The second kappa shape index (κ2) is 13.4. The van der Waals surface area contributed by atoms with E-state index in [1.807, 2.05) is 44.2 Å². The number of amides is 1. The fourth-order valence-electron chi connectivity index (χ4n) is 3.41. The number of hydrogen-bond acceptors (Lipinski definition) is 6. The summed E-state index contributed by atoms with van der Waals surface area (Å²) in [5, 5.41) is 9.86. The van der Waals surface area contributed by atoms with Gasteiger partial charge in [0.15, 0.2) is 5.82 Å². The van der Waals surface area contributed by atoms with E-state index in [1.165, 1.54) is 0 Å². The molecule has 0 saturated heterocycles. The summed E-state index contributed by atoms with van der Waals surface area (Å²) in [6.07, 6.45) is 1.76. The van der Waals surface area contributed by atoms with Gasteiger partial charge in [-0.25, -0.2) is 18.1 Å². The van der Waals surface area contributed by atoms with Crippen LogP contribution in [0.5, 0.6) is 0 Å². The van der Waals surface area contributed by atoms with Crippen LogP contribution in [0.4, 0.5) is 0 Å². The van der Waals surface area contributed by atoms with E-state index in [1.54, 1.807) is 0 Å². The number of benzene rings is 1. The lowest BCUT2D eigenvalue weighted by Gasteiger charge is -2.19. The maximum atomic E-state index is 12.8. The maximum Gasteiger partial charge on any atom is 0.222 e.